The number of nitrogens with two attached hydrogens (primary N) is 1. The van der Waals surface area contributed by atoms with Crippen LogP contribution >= 0.6 is 15.9 Å². The van der Waals surface area contributed by atoms with Crippen molar-refractivity contribution >= 4 is 32.7 Å². The zero-order valence-electron chi connectivity index (χ0n) is 11.9. The maximum atomic E-state index is 12.3. The zero-order valence-corrected chi connectivity index (χ0v) is 13.5. The minimum Gasteiger partial charge on any atom is -0.348 e. The highest BCUT2D eigenvalue weighted by Crippen LogP contribution is 2.14. The second kappa shape index (κ2) is 5.95. The quantitative estimate of drug-likeness (QED) is 0.859. The lowest BCUT2D eigenvalue weighted by Gasteiger charge is -2.24. The summed E-state index contributed by atoms with van der Waals surface area (Å²) in [5.41, 5.74) is 5.41. The second-order valence-corrected chi connectivity index (χ2v) is 6.39. The summed E-state index contributed by atoms with van der Waals surface area (Å²) >= 11 is 3.32. The van der Waals surface area contributed by atoms with Crippen LogP contribution in [0.15, 0.2) is 33.8 Å². The second-order valence-electron chi connectivity index (χ2n) is 5.48. The van der Waals surface area contributed by atoms with Crippen LogP contribution in [0.1, 0.15) is 13.8 Å². The number of amides is 1. The highest BCUT2D eigenvalue weighted by Gasteiger charge is 2.18. The average molecular weight is 353 g/mol. The molecule has 6 nitrogen and oxygen atoms in total. The van der Waals surface area contributed by atoms with Crippen molar-refractivity contribution < 1.29 is 4.79 Å². The van der Waals surface area contributed by atoms with Gasteiger partial charge in [0, 0.05) is 16.6 Å². The van der Waals surface area contributed by atoms with Crippen molar-refractivity contribution in [2.75, 3.05) is 6.54 Å². The Kier molecular flexibility index (Phi) is 4.43. The monoisotopic (exact) mass is 352 g/mol. The summed E-state index contributed by atoms with van der Waals surface area (Å²) in [6, 6.07) is 5.27. The number of carbonyl (C=O) groups excluding carboxylic acids is 1. The van der Waals surface area contributed by atoms with E-state index in [1.165, 1.54) is 10.9 Å². The van der Waals surface area contributed by atoms with Crippen LogP contribution in [-0.4, -0.2) is 27.5 Å². The van der Waals surface area contributed by atoms with E-state index in [1.54, 1.807) is 12.1 Å². The zero-order chi connectivity index (χ0) is 15.6. The third kappa shape index (κ3) is 3.68. The van der Waals surface area contributed by atoms with E-state index in [1.807, 2.05) is 19.9 Å². The van der Waals surface area contributed by atoms with E-state index in [4.69, 9.17) is 5.73 Å². The summed E-state index contributed by atoms with van der Waals surface area (Å²) in [5, 5.41) is 3.25. The normalized spacial score (nSPS) is 11.6. The number of benzene rings is 1. The minimum atomic E-state index is -0.506. The molecule has 0 fully saturated rings. The van der Waals surface area contributed by atoms with Gasteiger partial charge in [0.1, 0.15) is 6.54 Å². The molecule has 0 spiro atoms. The first-order valence-corrected chi connectivity index (χ1v) is 7.27. The molecule has 0 bridgehead atoms. The van der Waals surface area contributed by atoms with E-state index in [2.05, 4.69) is 26.2 Å². The summed E-state index contributed by atoms with van der Waals surface area (Å²) in [4.78, 5) is 28.5. The number of halogens is 1. The minimum absolute atomic E-state index is 0.0856. The van der Waals surface area contributed by atoms with Crippen LogP contribution in [0.3, 0.4) is 0 Å². The molecule has 0 unspecified atom stereocenters. The van der Waals surface area contributed by atoms with E-state index in [0.717, 1.165) is 4.47 Å². The van der Waals surface area contributed by atoms with Gasteiger partial charge in [-0.05, 0) is 32.0 Å². The van der Waals surface area contributed by atoms with Crippen molar-refractivity contribution in [1.82, 2.24) is 14.9 Å². The number of carbonyl (C=O) groups is 1. The molecular formula is C14H17BrN4O2. The van der Waals surface area contributed by atoms with Gasteiger partial charge in [0.05, 0.1) is 17.2 Å². The van der Waals surface area contributed by atoms with Gasteiger partial charge in [0.2, 0.25) is 5.91 Å². The molecule has 0 saturated carbocycles. The number of rotatable bonds is 4. The van der Waals surface area contributed by atoms with Crippen LogP contribution in [-0.2, 0) is 11.3 Å². The van der Waals surface area contributed by atoms with Crippen molar-refractivity contribution in [2.24, 2.45) is 5.73 Å². The molecule has 0 aliphatic heterocycles. The number of nitrogens with one attached hydrogen (secondary N) is 1. The lowest BCUT2D eigenvalue weighted by molar-refractivity contribution is -0.123. The smallest absolute Gasteiger partial charge is 0.261 e. The Morgan fingerprint density at radius 3 is 2.86 bits per heavy atom. The molecule has 2 aromatic rings. The van der Waals surface area contributed by atoms with Gasteiger partial charge in [-0.25, -0.2) is 4.98 Å². The predicted octanol–water partition coefficient (Wildman–Crippen LogP) is 1.01. The van der Waals surface area contributed by atoms with Gasteiger partial charge in [0.15, 0.2) is 0 Å². The lowest BCUT2D eigenvalue weighted by atomic mass is 10.1. The summed E-state index contributed by atoms with van der Waals surface area (Å²) in [6.07, 6.45) is 1.38. The van der Waals surface area contributed by atoms with Gasteiger partial charge < -0.3 is 11.1 Å². The van der Waals surface area contributed by atoms with Gasteiger partial charge in [-0.2, -0.15) is 0 Å². The molecule has 2 rings (SSSR count). The predicted molar refractivity (Wildman–Crippen MR) is 85.0 cm³/mol. The molecule has 1 aromatic heterocycles. The van der Waals surface area contributed by atoms with Crippen LogP contribution in [0.5, 0.6) is 0 Å². The number of aromatic nitrogens is 2. The van der Waals surface area contributed by atoms with E-state index in [9.17, 15) is 9.59 Å². The topological polar surface area (TPSA) is 90.0 Å². The Morgan fingerprint density at radius 1 is 1.48 bits per heavy atom. The summed E-state index contributed by atoms with van der Waals surface area (Å²) in [5.74, 6) is -0.274. The maximum absolute atomic E-state index is 12.3. The molecule has 0 radical (unpaired) electrons. The van der Waals surface area contributed by atoms with Gasteiger partial charge in [-0.1, -0.05) is 15.9 Å². The molecule has 0 aliphatic rings. The molecule has 0 saturated heterocycles. The fraction of sp³-hybridized carbons (Fsp3) is 0.357. The maximum Gasteiger partial charge on any atom is 0.261 e. The van der Waals surface area contributed by atoms with Gasteiger partial charge >= 0.3 is 0 Å². The fourth-order valence-electron chi connectivity index (χ4n) is 1.87. The Balaban J connectivity index is 2.29. The lowest BCUT2D eigenvalue weighted by Crippen LogP contribution is -2.50. The van der Waals surface area contributed by atoms with E-state index >= 15 is 0 Å². The summed E-state index contributed by atoms with van der Waals surface area (Å²) in [6.45, 7) is 3.88. The average Bonchev–Trinajstić information content (AvgIpc) is 2.42. The van der Waals surface area contributed by atoms with Crippen molar-refractivity contribution in [3.05, 3.63) is 39.4 Å². The van der Waals surface area contributed by atoms with Crippen LogP contribution in [0.4, 0.5) is 0 Å². The third-order valence-electron chi connectivity index (χ3n) is 3.09. The highest BCUT2D eigenvalue weighted by molar-refractivity contribution is 9.10. The molecule has 112 valence electrons. The highest BCUT2D eigenvalue weighted by atomic mass is 79.9. The Labute approximate surface area is 130 Å². The van der Waals surface area contributed by atoms with Crippen LogP contribution in [0.25, 0.3) is 10.9 Å². The molecule has 0 aliphatic carbocycles. The van der Waals surface area contributed by atoms with Crippen LogP contribution in [0, 0.1) is 0 Å². The van der Waals surface area contributed by atoms with Crippen LogP contribution < -0.4 is 16.6 Å². The molecular weight excluding hydrogens is 336 g/mol. The third-order valence-corrected chi connectivity index (χ3v) is 3.58. The number of hydrogen-bond donors (Lipinski definition) is 2. The van der Waals surface area contributed by atoms with Crippen molar-refractivity contribution in [3.8, 4) is 0 Å². The standard InChI is InChI=1S/C14H17BrN4O2/c1-14(2,7-16)18-12(20)6-19-8-17-11-4-3-9(15)5-10(11)13(19)21/h3-5,8H,6-7,16H2,1-2H3,(H,18,20). The Bertz CT molecular complexity index is 739. The molecule has 1 amide bonds. The largest absolute Gasteiger partial charge is 0.348 e. The molecule has 7 heteroatoms. The van der Waals surface area contributed by atoms with Crippen molar-refractivity contribution in [1.29, 1.82) is 0 Å². The van der Waals surface area contributed by atoms with Crippen molar-refractivity contribution in [3.63, 3.8) is 0 Å². The Hall–Kier alpha value is -1.73. The number of hydrogen-bond acceptors (Lipinski definition) is 4. The summed E-state index contributed by atoms with van der Waals surface area (Å²) in [7, 11) is 0. The molecule has 0 atom stereocenters. The molecule has 1 heterocycles. The van der Waals surface area contributed by atoms with Gasteiger partial charge in [-0.3, -0.25) is 14.2 Å². The SMILES string of the molecule is CC(C)(CN)NC(=O)Cn1cnc2ccc(Br)cc2c1=O. The van der Waals surface area contributed by atoms with E-state index < -0.39 is 5.54 Å². The summed E-state index contributed by atoms with van der Waals surface area (Å²) < 4.78 is 2.08. The van der Waals surface area contributed by atoms with Gasteiger partial charge in [0.25, 0.3) is 5.56 Å². The first-order chi connectivity index (χ1) is 9.82. The Morgan fingerprint density at radius 2 is 2.19 bits per heavy atom. The van der Waals surface area contributed by atoms with E-state index in [0.29, 0.717) is 17.4 Å². The fourth-order valence-corrected chi connectivity index (χ4v) is 2.23. The van der Waals surface area contributed by atoms with Gasteiger partial charge in [-0.15, -0.1) is 0 Å². The first-order valence-electron chi connectivity index (χ1n) is 6.48. The number of fused-ring (bicyclic) bond motifs is 1. The van der Waals surface area contributed by atoms with E-state index in [-0.39, 0.29) is 18.0 Å². The molecule has 1 aromatic carbocycles. The number of nitrogens with zero attached hydrogens (tertiary/aromatic N) is 2. The van der Waals surface area contributed by atoms with Crippen LogP contribution in [0.2, 0.25) is 0 Å². The molecule has 21 heavy (non-hydrogen) atoms. The van der Waals surface area contributed by atoms with Crippen molar-refractivity contribution in [2.45, 2.75) is 25.9 Å². The first kappa shape index (κ1) is 15.7. The molecule has 3 N–H and O–H groups in total.